The van der Waals surface area contributed by atoms with E-state index in [1.54, 1.807) is 6.07 Å². The van der Waals surface area contributed by atoms with Crippen LogP contribution < -0.4 is 10.2 Å². The third-order valence-corrected chi connectivity index (χ3v) is 5.67. The monoisotopic (exact) mass is 420 g/mol. The lowest BCUT2D eigenvalue weighted by Crippen LogP contribution is -2.36. The van der Waals surface area contributed by atoms with E-state index in [1.165, 1.54) is 11.8 Å². The molecule has 1 atom stereocenters. The average molecular weight is 421 g/mol. The van der Waals surface area contributed by atoms with E-state index in [2.05, 4.69) is 41.0 Å². The van der Waals surface area contributed by atoms with Gasteiger partial charge in [0.05, 0.1) is 0 Å². The van der Waals surface area contributed by atoms with Crippen molar-refractivity contribution in [3.05, 3.63) is 46.6 Å². The Morgan fingerprint density at radius 1 is 1.21 bits per heavy atom. The summed E-state index contributed by atoms with van der Waals surface area (Å²) in [7, 11) is 2.00. The fraction of sp³-hybridized carbons (Fsp3) is 0.476. The fourth-order valence-corrected chi connectivity index (χ4v) is 3.49. The molecule has 1 unspecified atom stereocenters. The molecule has 7 heteroatoms. The Balaban J connectivity index is 1.99. The molecule has 0 saturated carbocycles. The number of hydrogen-bond acceptors (Lipinski definition) is 5. The number of carbonyl (C=O) groups excluding carboxylic acids is 1. The summed E-state index contributed by atoms with van der Waals surface area (Å²) in [5, 5.41) is 4.12. The summed E-state index contributed by atoms with van der Waals surface area (Å²) >= 11 is 7.69. The molecule has 1 aromatic carbocycles. The number of halogens is 1. The zero-order valence-electron chi connectivity index (χ0n) is 17.2. The maximum absolute atomic E-state index is 12.3. The van der Waals surface area contributed by atoms with E-state index in [4.69, 9.17) is 11.6 Å². The summed E-state index contributed by atoms with van der Waals surface area (Å²) in [6, 6.07) is 9.58. The van der Waals surface area contributed by atoms with Gasteiger partial charge in [0.2, 0.25) is 0 Å². The summed E-state index contributed by atoms with van der Waals surface area (Å²) in [5.74, 6) is 1.90. The van der Waals surface area contributed by atoms with E-state index in [1.807, 2.05) is 38.2 Å². The minimum Gasteiger partial charge on any atom is -0.360 e. The van der Waals surface area contributed by atoms with E-state index < -0.39 is 0 Å². The lowest BCUT2D eigenvalue weighted by molar-refractivity contribution is 0.0930. The van der Waals surface area contributed by atoms with Crippen LogP contribution in [0.4, 0.5) is 5.82 Å². The van der Waals surface area contributed by atoms with Crippen molar-refractivity contribution in [1.29, 1.82) is 0 Å². The van der Waals surface area contributed by atoms with E-state index in [0.717, 1.165) is 24.3 Å². The normalized spacial score (nSPS) is 12.1. The van der Waals surface area contributed by atoms with Gasteiger partial charge in [-0.25, -0.2) is 9.97 Å². The van der Waals surface area contributed by atoms with Crippen LogP contribution in [0.15, 0.2) is 35.5 Å². The van der Waals surface area contributed by atoms with E-state index in [9.17, 15) is 4.79 Å². The van der Waals surface area contributed by atoms with Crippen LogP contribution in [0.3, 0.4) is 0 Å². The number of anilines is 1. The van der Waals surface area contributed by atoms with Crippen molar-refractivity contribution < 1.29 is 4.79 Å². The van der Waals surface area contributed by atoms with Gasteiger partial charge in [-0.1, -0.05) is 56.3 Å². The van der Waals surface area contributed by atoms with Crippen LogP contribution in [-0.4, -0.2) is 35.5 Å². The Morgan fingerprint density at radius 3 is 2.50 bits per heavy atom. The lowest BCUT2D eigenvalue weighted by Gasteiger charge is -2.18. The van der Waals surface area contributed by atoms with Crippen LogP contribution in [0.25, 0.3) is 0 Å². The van der Waals surface area contributed by atoms with Crippen molar-refractivity contribution in [1.82, 2.24) is 15.3 Å². The molecule has 0 spiro atoms. The van der Waals surface area contributed by atoms with Crippen LogP contribution >= 0.6 is 23.4 Å². The maximum atomic E-state index is 12.3. The molecule has 0 saturated heterocycles. The SMILES string of the molecule is CCCN(C)c1cc(Cl)nc(SCc2ccc(C(=O)NC(C)C(C)C)cc2)n1. The predicted octanol–water partition coefficient (Wildman–Crippen LogP) is 5.04. The van der Waals surface area contributed by atoms with Crippen molar-refractivity contribution in [3.63, 3.8) is 0 Å². The first-order valence-electron chi connectivity index (χ1n) is 9.58. The highest BCUT2D eigenvalue weighted by molar-refractivity contribution is 7.98. The van der Waals surface area contributed by atoms with Gasteiger partial charge in [-0.2, -0.15) is 0 Å². The van der Waals surface area contributed by atoms with Crippen molar-refractivity contribution in [2.24, 2.45) is 5.92 Å². The summed E-state index contributed by atoms with van der Waals surface area (Å²) in [6.45, 7) is 9.24. The molecule has 0 aliphatic carbocycles. The maximum Gasteiger partial charge on any atom is 0.251 e. The molecule has 0 radical (unpaired) electrons. The molecule has 1 heterocycles. The Hall–Kier alpha value is -1.79. The molecule has 1 N–H and O–H groups in total. The van der Waals surface area contributed by atoms with Crippen LogP contribution in [-0.2, 0) is 5.75 Å². The standard InChI is InChI=1S/C21H29ClN4OS/c1-6-11-26(5)19-12-18(22)24-21(25-19)28-13-16-7-9-17(10-8-16)20(27)23-15(4)14(2)3/h7-10,12,14-15H,6,11,13H2,1-5H3,(H,23,27). The quantitative estimate of drug-likeness (QED) is 0.349. The second-order valence-corrected chi connectivity index (χ2v) is 8.57. The summed E-state index contributed by atoms with van der Waals surface area (Å²) < 4.78 is 0. The van der Waals surface area contributed by atoms with Gasteiger partial charge < -0.3 is 10.2 Å². The van der Waals surface area contributed by atoms with Gasteiger partial charge in [-0.05, 0) is 37.0 Å². The van der Waals surface area contributed by atoms with Crippen LogP contribution in [0.5, 0.6) is 0 Å². The number of rotatable bonds is 9. The second-order valence-electron chi connectivity index (χ2n) is 7.24. The minimum atomic E-state index is -0.0396. The first kappa shape index (κ1) is 22.5. The molecule has 1 aromatic heterocycles. The number of aromatic nitrogens is 2. The molecular formula is C21H29ClN4OS. The number of carbonyl (C=O) groups is 1. The van der Waals surface area contributed by atoms with Gasteiger partial charge in [0.1, 0.15) is 11.0 Å². The Kier molecular flexibility index (Phi) is 8.58. The summed E-state index contributed by atoms with van der Waals surface area (Å²) in [4.78, 5) is 23.3. The molecule has 5 nitrogen and oxygen atoms in total. The van der Waals surface area contributed by atoms with Crippen molar-refractivity contribution >= 4 is 35.1 Å². The number of amides is 1. The van der Waals surface area contributed by atoms with Crippen LogP contribution in [0.1, 0.15) is 50.0 Å². The van der Waals surface area contributed by atoms with Crippen molar-refractivity contribution in [3.8, 4) is 0 Å². The highest BCUT2D eigenvalue weighted by Crippen LogP contribution is 2.24. The smallest absolute Gasteiger partial charge is 0.251 e. The minimum absolute atomic E-state index is 0.0396. The van der Waals surface area contributed by atoms with Crippen molar-refractivity contribution in [2.75, 3.05) is 18.5 Å². The van der Waals surface area contributed by atoms with Crippen LogP contribution in [0, 0.1) is 5.92 Å². The van der Waals surface area contributed by atoms with Gasteiger partial charge >= 0.3 is 0 Å². The Labute approximate surface area is 177 Å². The third kappa shape index (κ3) is 6.67. The predicted molar refractivity (Wildman–Crippen MR) is 118 cm³/mol. The summed E-state index contributed by atoms with van der Waals surface area (Å²) in [5.41, 5.74) is 1.77. The number of hydrogen-bond donors (Lipinski definition) is 1. The molecule has 0 aliphatic heterocycles. The van der Waals surface area contributed by atoms with Crippen LogP contribution in [0.2, 0.25) is 5.15 Å². The van der Waals surface area contributed by atoms with Crippen molar-refractivity contribution in [2.45, 2.75) is 51.1 Å². The number of thioether (sulfide) groups is 1. The third-order valence-electron chi connectivity index (χ3n) is 4.55. The molecule has 152 valence electrons. The molecule has 28 heavy (non-hydrogen) atoms. The van der Waals surface area contributed by atoms with Gasteiger partial charge in [0, 0.05) is 37.0 Å². The molecule has 1 amide bonds. The second kappa shape index (κ2) is 10.7. The highest BCUT2D eigenvalue weighted by Gasteiger charge is 2.13. The Bertz CT molecular complexity index is 782. The first-order valence-corrected chi connectivity index (χ1v) is 10.9. The highest BCUT2D eigenvalue weighted by atomic mass is 35.5. The van der Waals surface area contributed by atoms with Gasteiger partial charge in [-0.3, -0.25) is 4.79 Å². The van der Waals surface area contributed by atoms with E-state index in [0.29, 0.717) is 27.5 Å². The zero-order chi connectivity index (χ0) is 20.7. The van der Waals surface area contributed by atoms with E-state index in [-0.39, 0.29) is 11.9 Å². The zero-order valence-corrected chi connectivity index (χ0v) is 18.8. The molecule has 0 aliphatic rings. The topological polar surface area (TPSA) is 58.1 Å². The molecule has 2 aromatic rings. The van der Waals surface area contributed by atoms with Gasteiger partial charge in [0.25, 0.3) is 5.91 Å². The average Bonchev–Trinajstić information content (AvgIpc) is 2.66. The Morgan fingerprint density at radius 2 is 1.89 bits per heavy atom. The van der Waals surface area contributed by atoms with Gasteiger partial charge in [0.15, 0.2) is 5.16 Å². The molecule has 0 fully saturated rings. The largest absolute Gasteiger partial charge is 0.360 e. The number of nitrogens with one attached hydrogen (secondary N) is 1. The van der Waals surface area contributed by atoms with E-state index >= 15 is 0 Å². The summed E-state index contributed by atoms with van der Waals surface area (Å²) in [6.07, 6.45) is 1.04. The number of nitrogens with zero attached hydrogens (tertiary/aromatic N) is 3. The fourth-order valence-electron chi connectivity index (χ4n) is 2.45. The molecular weight excluding hydrogens is 392 g/mol. The lowest BCUT2D eigenvalue weighted by atomic mass is 10.1. The molecule has 2 rings (SSSR count). The number of benzene rings is 1. The van der Waals surface area contributed by atoms with Gasteiger partial charge in [-0.15, -0.1) is 0 Å². The first-order chi connectivity index (χ1) is 13.3. The molecule has 0 bridgehead atoms.